The highest BCUT2D eigenvalue weighted by Crippen LogP contribution is 2.50. The molecule has 25 heavy (non-hydrogen) atoms. The molecule has 2 saturated heterocycles. The maximum atomic E-state index is 13.0. The first-order valence-electron chi connectivity index (χ1n) is 8.35. The van der Waals surface area contributed by atoms with Crippen LogP contribution in [-0.4, -0.2) is 47.3 Å². The number of hydrogen-bond acceptors (Lipinski definition) is 4. The van der Waals surface area contributed by atoms with Gasteiger partial charge >= 0.3 is 5.97 Å². The van der Waals surface area contributed by atoms with Crippen LogP contribution in [0.4, 0.5) is 0 Å². The van der Waals surface area contributed by atoms with E-state index in [4.69, 9.17) is 32.7 Å². The second kappa shape index (κ2) is 7.42. The minimum Gasteiger partial charge on any atom is -0.497 e. The molecule has 0 aromatic heterocycles. The van der Waals surface area contributed by atoms with Crippen molar-refractivity contribution in [3.8, 4) is 5.75 Å². The van der Waals surface area contributed by atoms with Gasteiger partial charge in [0.2, 0.25) is 5.91 Å². The fourth-order valence-electron chi connectivity index (χ4n) is 3.91. The molecule has 0 radical (unpaired) electrons. The topological polar surface area (TPSA) is 55.8 Å². The van der Waals surface area contributed by atoms with Crippen molar-refractivity contribution >= 4 is 35.1 Å². The minimum atomic E-state index is -0.773. The Morgan fingerprint density at radius 3 is 2.48 bits per heavy atom. The molecule has 5 nitrogen and oxygen atoms in total. The minimum absolute atomic E-state index is 0.0677. The van der Waals surface area contributed by atoms with Crippen LogP contribution in [0.2, 0.25) is 0 Å². The zero-order chi connectivity index (χ0) is 18.0. The van der Waals surface area contributed by atoms with Crippen LogP contribution in [0.25, 0.3) is 0 Å². The second-order valence-electron chi connectivity index (χ2n) is 6.42. The first-order chi connectivity index (χ1) is 12.1. The molecule has 2 heterocycles. The summed E-state index contributed by atoms with van der Waals surface area (Å²) >= 11 is 11.7. The summed E-state index contributed by atoms with van der Waals surface area (Å²) in [5.41, 5.74) is 0.163. The zero-order valence-electron chi connectivity index (χ0n) is 14.0. The maximum Gasteiger partial charge on any atom is 0.333 e. The Hall–Kier alpha value is -1.46. The van der Waals surface area contributed by atoms with Crippen molar-refractivity contribution in [3.05, 3.63) is 29.8 Å². The summed E-state index contributed by atoms with van der Waals surface area (Å²) in [7, 11) is 1.60. The molecule has 2 fully saturated rings. The van der Waals surface area contributed by atoms with Crippen LogP contribution in [0.1, 0.15) is 24.8 Å². The van der Waals surface area contributed by atoms with Crippen LogP contribution in [0.15, 0.2) is 24.3 Å². The van der Waals surface area contributed by atoms with Gasteiger partial charge in [0.1, 0.15) is 5.75 Å². The van der Waals surface area contributed by atoms with Crippen molar-refractivity contribution < 1.29 is 19.1 Å². The number of alkyl halides is 2. The first-order valence-corrected chi connectivity index (χ1v) is 9.42. The molecule has 1 aromatic carbocycles. The lowest BCUT2D eigenvalue weighted by atomic mass is 9.76. The van der Waals surface area contributed by atoms with Crippen molar-refractivity contribution in [3.63, 3.8) is 0 Å². The van der Waals surface area contributed by atoms with E-state index in [9.17, 15) is 9.59 Å². The molecule has 0 aliphatic carbocycles. The zero-order valence-corrected chi connectivity index (χ0v) is 15.6. The van der Waals surface area contributed by atoms with Gasteiger partial charge in [0.05, 0.1) is 13.0 Å². The van der Waals surface area contributed by atoms with E-state index in [-0.39, 0.29) is 11.9 Å². The Balaban J connectivity index is 1.85. The Bertz CT molecular complexity index is 651. The van der Waals surface area contributed by atoms with Crippen molar-refractivity contribution in [2.24, 2.45) is 5.92 Å². The number of rotatable bonds is 8. The summed E-state index contributed by atoms with van der Waals surface area (Å²) < 4.78 is 10.7. The quantitative estimate of drug-likeness (QED) is 0.509. The van der Waals surface area contributed by atoms with E-state index in [0.717, 1.165) is 11.3 Å². The molecule has 0 saturated carbocycles. The average molecular weight is 386 g/mol. The number of methoxy groups -OCH3 is 1. The molecular weight excluding hydrogens is 365 g/mol. The molecule has 3 rings (SSSR count). The number of hydrogen-bond donors (Lipinski definition) is 0. The van der Waals surface area contributed by atoms with E-state index < -0.39 is 17.6 Å². The molecule has 7 heteroatoms. The number of likely N-dealkylation sites (tertiary alicyclic amines) is 1. The fraction of sp³-hybridized carbons (Fsp3) is 0.556. The van der Waals surface area contributed by atoms with Crippen LogP contribution < -0.4 is 4.74 Å². The van der Waals surface area contributed by atoms with Crippen LogP contribution >= 0.6 is 23.2 Å². The van der Waals surface area contributed by atoms with E-state index in [1.165, 1.54) is 0 Å². The van der Waals surface area contributed by atoms with Gasteiger partial charge in [-0.05, 0) is 37.0 Å². The van der Waals surface area contributed by atoms with Gasteiger partial charge in [-0.2, -0.15) is 0 Å². The number of ether oxygens (including phenoxy) is 2. The Labute approximate surface area is 157 Å². The van der Waals surface area contributed by atoms with Gasteiger partial charge in [0.25, 0.3) is 0 Å². The molecule has 136 valence electrons. The van der Waals surface area contributed by atoms with Crippen molar-refractivity contribution in [1.82, 2.24) is 4.90 Å². The normalized spacial score (nSPS) is 27.7. The summed E-state index contributed by atoms with van der Waals surface area (Å²) in [6, 6.07) is 6.92. The van der Waals surface area contributed by atoms with Crippen LogP contribution in [0, 0.1) is 5.92 Å². The molecule has 1 amide bonds. The van der Waals surface area contributed by atoms with Crippen LogP contribution in [0.3, 0.4) is 0 Å². The molecule has 0 N–H and O–H groups in total. The van der Waals surface area contributed by atoms with Crippen LogP contribution in [-0.2, 0) is 20.9 Å². The lowest BCUT2D eigenvalue weighted by Gasteiger charge is -2.46. The van der Waals surface area contributed by atoms with E-state index in [1.807, 2.05) is 24.3 Å². The third-order valence-electron chi connectivity index (χ3n) is 5.07. The summed E-state index contributed by atoms with van der Waals surface area (Å²) in [5, 5.41) is 0. The Morgan fingerprint density at radius 1 is 1.20 bits per heavy atom. The summed E-state index contributed by atoms with van der Waals surface area (Å²) in [4.78, 5) is 26.8. The standard InChI is InChI=1S/C18H21Cl2NO4/c1-24-13-5-3-12(4-6-13)11-21-15-17(23)25-18(15,8-2-9-19)14(7-10-20)16(21)22/h3-6,14-15H,2,7-11H2,1H3/t14-,15?,18+/m0/s1. The molecular formula is C18H21Cl2NO4. The van der Waals surface area contributed by atoms with Crippen molar-refractivity contribution in [1.29, 1.82) is 0 Å². The number of amides is 1. The highest BCUT2D eigenvalue weighted by Gasteiger charge is 2.70. The van der Waals surface area contributed by atoms with Gasteiger partial charge < -0.3 is 14.4 Å². The fourth-order valence-corrected chi connectivity index (χ4v) is 4.26. The Kier molecular flexibility index (Phi) is 5.44. The molecule has 1 unspecified atom stereocenters. The maximum absolute atomic E-state index is 13.0. The van der Waals surface area contributed by atoms with Gasteiger partial charge in [-0.15, -0.1) is 23.2 Å². The highest BCUT2D eigenvalue weighted by atomic mass is 35.5. The van der Waals surface area contributed by atoms with Crippen LogP contribution in [0.5, 0.6) is 5.75 Å². The second-order valence-corrected chi connectivity index (χ2v) is 7.17. The predicted octanol–water partition coefficient (Wildman–Crippen LogP) is 2.97. The highest BCUT2D eigenvalue weighted by molar-refractivity contribution is 6.18. The molecule has 2 aliphatic heterocycles. The molecule has 0 bridgehead atoms. The van der Waals surface area contributed by atoms with E-state index >= 15 is 0 Å². The van der Waals surface area contributed by atoms with E-state index in [1.54, 1.807) is 12.0 Å². The van der Waals surface area contributed by atoms with Gasteiger partial charge in [0.15, 0.2) is 11.6 Å². The number of nitrogens with zero attached hydrogens (tertiary/aromatic N) is 1. The number of esters is 1. The molecule has 1 aromatic rings. The number of fused-ring (bicyclic) bond motifs is 1. The summed E-state index contributed by atoms with van der Waals surface area (Å²) in [6.45, 7) is 0.365. The molecule has 0 spiro atoms. The smallest absolute Gasteiger partial charge is 0.333 e. The number of halogens is 2. The van der Waals surface area contributed by atoms with Gasteiger partial charge in [-0.1, -0.05) is 12.1 Å². The summed E-state index contributed by atoms with van der Waals surface area (Å²) in [6.07, 6.45) is 1.76. The van der Waals surface area contributed by atoms with Crippen molar-refractivity contribution in [2.75, 3.05) is 18.9 Å². The first kappa shape index (κ1) is 18.3. The van der Waals surface area contributed by atoms with Gasteiger partial charge in [0, 0.05) is 18.3 Å². The number of carbonyl (C=O) groups excluding carboxylic acids is 2. The lowest BCUT2D eigenvalue weighted by Crippen LogP contribution is -2.65. The van der Waals surface area contributed by atoms with E-state index in [0.29, 0.717) is 37.6 Å². The Morgan fingerprint density at radius 2 is 1.92 bits per heavy atom. The third kappa shape index (κ3) is 3.08. The largest absolute Gasteiger partial charge is 0.497 e. The SMILES string of the molecule is COc1ccc(CN2C(=O)[C@H](CCCl)[C@@]3(CCCCl)OC(=O)C23)cc1. The lowest BCUT2D eigenvalue weighted by molar-refractivity contribution is -0.212. The van der Waals surface area contributed by atoms with Gasteiger partial charge in [-0.3, -0.25) is 4.79 Å². The molecule has 3 atom stereocenters. The third-order valence-corrected chi connectivity index (χ3v) is 5.56. The number of carbonyl (C=O) groups is 2. The van der Waals surface area contributed by atoms with Crippen molar-refractivity contribution in [2.45, 2.75) is 37.5 Å². The average Bonchev–Trinajstić information content (AvgIpc) is 2.79. The monoisotopic (exact) mass is 385 g/mol. The summed E-state index contributed by atoms with van der Waals surface area (Å²) in [5.74, 6) is 0.756. The number of benzene rings is 1. The van der Waals surface area contributed by atoms with Gasteiger partial charge in [-0.25, -0.2) is 4.79 Å². The van der Waals surface area contributed by atoms with E-state index in [2.05, 4.69) is 0 Å². The molecule has 2 aliphatic rings. The predicted molar refractivity (Wildman–Crippen MR) is 94.9 cm³/mol.